The Kier molecular flexibility index (Phi) is 5.70. The van der Waals surface area contributed by atoms with Crippen molar-refractivity contribution < 1.29 is 23.8 Å². The van der Waals surface area contributed by atoms with Crippen molar-refractivity contribution in [3.05, 3.63) is 29.8 Å². The van der Waals surface area contributed by atoms with Crippen molar-refractivity contribution in [3.8, 4) is 5.75 Å². The first-order chi connectivity index (χ1) is 11.3. The van der Waals surface area contributed by atoms with Gasteiger partial charge in [-0.25, -0.2) is 9.59 Å². The summed E-state index contributed by atoms with van der Waals surface area (Å²) in [4.78, 5) is 23.5. The molecule has 0 radical (unpaired) electrons. The highest BCUT2D eigenvalue weighted by molar-refractivity contribution is 5.69. The number of nitrogens with one attached hydrogen (secondary N) is 1. The predicted molar refractivity (Wildman–Crippen MR) is 89.2 cm³/mol. The molecule has 0 saturated heterocycles. The largest absolute Gasteiger partial charge is 0.514 e. The highest BCUT2D eigenvalue weighted by Crippen LogP contribution is 2.44. The zero-order chi connectivity index (χ0) is 17.7. The Morgan fingerprint density at radius 3 is 2.62 bits per heavy atom. The third kappa shape index (κ3) is 5.44. The standard InChI is InChI=1S/C18H25NO5/c1-5-10-22-16(20)19-14-11-13(14)12-8-6-7-9-15(12)23-17(21)24-18(2,3)4/h6-9,13-14H,5,10-11H2,1-4H3,(H,19,20)/t13-,14+/m0/s1. The van der Waals surface area contributed by atoms with E-state index in [1.807, 2.05) is 19.1 Å². The minimum absolute atomic E-state index is 0.00209. The Hall–Kier alpha value is -2.24. The molecule has 1 saturated carbocycles. The smallest absolute Gasteiger partial charge is 0.450 e. The van der Waals surface area contributed by atoms with Gasteiger partial charge in [-0.05, 0) is 39.7 Å². The molecule has 0 heterocycles. The van der Waals surface area contributed by atoms with Crippen molar-refractivity contribution >= 4 is 12.2 Å². The van der Waals surface area contributed by atoms with Crippen LogP contribution in [0.2, 0.25) is 0 Å². The molecule has 0 spiro atoms. The molecular weight excluding hydrogens is 310 g/mol. The molecule has 1 aliphatic rings. The van der Waals surface area contributed by atoms with Crippen LogP contribution in [0.15, 0.2) is 24.3 Å². The Morgan fingerprint density at radius 1 is 1.25 bits per heavy atom. The van der Waals surface area contributed by atoms with Crippen LogP contribution in [-0.2, 0) is 9.47 Å². The minimum atomic E-state index is -0.734. The first kappa shape index (κ1) is 18.1. The highest BCUT2D eigenvalue weighted by atomic mass is 16.7. The van der Waals surface area contributed by atoms with Crippen molar-refractivity contribution in [3.63, 3.8) is 0 Å². The summed E-state index contributed by atoms with van der Waals surface area (Å²) in [6, 6.07) is 7.29. The van der Waals surface area contributed by atoms with Gasteiger partial charge >= 0.3 is 12.2 Å². The van der Waals surface area contributed by atoms with Crippen LogP contribution >= 0.6 is 0 Å². The van der Waals surface area contributed by atoms with E-state index < -0.39 is 17.8 Å². The SMILES string of the molecule is CCCOC(=O)N[C@@H]1C[C@H]1c1ccccc1OC(=O)OC(C)(C)C. The number of alkyl carbamates (subject to hydrolysis) is 1. The lowest BCUT2D eigenvalue weighted by Gasteiger charge is -2.19. The van der Waals surface area contributed by atoms with Gasteiger partial charge < -0.3 is 19.5 Å². The van der Waals surface area contributed by atoms with E-state index in [4.69, 9.17) is 14.2 Å². The van der Waals surface area contributed by atoms with Crippen LogP contribution in [0.3, 0.4) is 0 Å². The lowest BCUT2D eigenvalue weighted by atomic mass is 10.1. The molecule has 1 fully saturated rings. The van der Waals surface area contributed by atoms with E-state index in [0.717, 1.165) is 18.4 Å². The maximum Gasteiger partial charge on any atom is 0.514 e. The summed E-state index contributed by atoms with van der Waals surface area (Å²) in [5.74, 6) is 0.570. The molecule has 6 nitrogen and oxygen atoms in total. The molecule has 1 aromatic carbocycles. The summed E-state index contributed by atoms with van der Waals surface area (Å²) in [5, 5.41) is 2.82. The molecule has 2 rings (SSSR count). The van der Waals surface area contributed by atoms with Gasteiger partial charge in [0.25, 0.3) is 0 Å². The number of carbonyl (C=O) groups is 2. The number of benzene rings is 1. The van der Waals surface area contributed by atoms with Crippen LogP contribution in [0, 0.1) is 0 Å². The maximum atomic E-state index is 11.9. The Labute approximate surface area is 142 Å². The van der Waals surface area contributed by atoms with Crippen LogP contribution < -0.4 is 10.1 Å². The van der Waals surface area contributed by atoms with E-state index in [0.29, 0.717) is 12.4 Å². The van der Waals surface area contributed by atoms with Gasteiger partial charge in [0, 0.05) is 17.5 Å². The average Bonchev–Trinajstić information content (AvgIpc) is 3.22. The maximum absolute atomic E-state index is 11.9. The molecule has 1 N–H and O–H groups in total. The van der Waals surface area contributed by atoms with Crippen molar-refractivity contribution in [1.29, 1.82) is 0 Å². The zero-order valence-corrected chi connectivity index (χ0v) is 14.6. The second-order valence-corrected chi connectivity index (χ2v) is 6.83. The van der Waals surface area contributed by atoms with Gasteiger partial charge in [0.2, 0.25) is 0 Å². The quantitative estimate of drug-likeness (QED) is 0.650. The molecule has 24 heavy (non-hydrogen) atoms. The van der Waals surface area contributed by atoms with Gasteiger partial charge in [-0.3, -0.25) is 0 Å². The average molecular weight is 335 g/mol. The zero-order valence-electron chi connectivity index (χ0n) is 14.6. The summed E-state index contributed by atoms with van der Waals surface area (Å²) in [7, 11) is 0. The van der Waals surface area contributed by atoms with Gasteiger partial charge in [-0.1, -0.05) is 25.1 Å². The molecule has 0 aliphatic heterocycles. The van der Waals surface area contributed by atoms with E-state index in [-0.39, 0.29) is 12.0 Å². The fourth-order valence-corrected chi connectivity index (χ4v) is 2.33. The fraction of sp³-hybridized carbons (Fsp3) is 0.556. The second-order valence-electron chi connectivity index (χ2n) is 6.83. The molecular formula is C18H25NO5. The van der Waals surface area contributed by atoms with Crippen LogP contribution in [-0.4, -0.2) is 30.5 Å². The van der Waals surface area contributed by atoms with E-state index in [1.165, 1.54) is 0 Å². The lowest BCUT2D eigenvalue weighted by molar-refractivity contribution is 0.0204. The van der Waals surface area contributed by atoms with Crippen molar-refractivity contribution in [2.45, 2.75) is 58.1 Å². The molecule has 0 unspecified atom stereocenters. The summed E-state index contributed by atoms with van der Waals surface area (Å²) >= 11 is 0. The summed E-state index contributed by atoms with van der Waals surface area (Å²) in [6.07, 6.45) is 0.432. The number of hydrogen-bond acceptors (Lipinski definition) is 5. The van der Waals surface area contributed by atoms with Crippen LogP contribution in [0.25, 0.3) is 0 Å². The lowest BCUT2D eigenvalue weighted by Crippen LogP contribution is -2.28. The summed E-state index contributed by atoms with van der Waals surface area (Å²) < 4.78 is 15.5. The Morgan fingerprint density at radius 2 is 1.96 bits per heavy atom. The second kappa shape index (κ2) is 7.55. The normalized spacial score (nSPS) is 19.3. The van der Waals surface area contributed by atoms with E-state index in [2.05, 4.69) is 5.32 Å². The van der Waals surface area contributed by atoms with Gasteiger partial charge in [-0.2, -0.15) is 0 Å². The van der Waals surface area contributed by atoms with E-state index in [1.54, 1.807) is 32.9 Å². The molecule has 0 bridgehead atoms. The van der Waals surface area contributed by atoms with Crippen LogP contribution in [0.1, 0.15) is 52.0 Å². The van der Waals surface area contributed by atoms with E-state index in [9.17, 15) is 9.59 Å². The molecule has 0 aromatic heterocycles. The number of hydrogen-bond donors (Lipinski definition) is 1. The first-order valence-corrected chi connectivity index (χ1v) is 8.23. The van der Waals surface area contributed by atoms with Gasteiger partial charge in [0.1, 0.15) is 11.4 Å². The van der Waals surface area contributed by atoms with Crippen molar-refractivity contribution in [1.82, 2.24) is 5.32 Å². The van der Waals surface area contributed by atoms with Crippen molar-refractivity contribution in [2.75, 3.05) is 6.61 Å². The monoisotopic (exact) mass is 335 g/mol. The molecule has 1 aliphatic carbocycles. The number of rotatable bonds is 5. The Bertz CT molecular complexity index is 593. The topological polar surface area (TPSA) is 73.9 Å². The number of ether oxygens (including phenoxy) is 3. The summed E-state index contributed by atoms with van der Waals surface area (Å²) in [5.41, 5.74) is 0.266. The molecule has 1 amide bonds. The van der Waals surface area contributed by atoms with E-state index >= 15 is 0 Å². The van der Waals surface area contributed by atoms with Crippen LogP contribution in [0.5, 0.6) is 5.75 Å². The van der Waals surface area contributed by atoms with Crippen molar-refractivity contribution in [2.24, 2.45) is 0 Å². The predicted octanol–water partition coefficient (Wildman–Crippen LogP) is 3.99. The number of carbonyl (C=O) groups excluding carboxylic acids is 2. The molecule has 132 valence electrons. The fourth-order valence-electron chi connectivity index (χ4n) is 2.33. The van der Waals surface area contributed by atoms with Gasteiger partial charge in [0.05, 0.1) is 6.61 Å². The summed E-state index contributed by atoms with van der Waals surface area (Å²) in [6.45, 7) is 7.69. The first-order valence-electron chi connectivity index (χ1n) is 8.23. The van der Waals surface area contributed by atoms with Crippen LogP contribution in [0.4, 0.5) is 9.59 Å². The number of amides is 1. The Balaban J connectivity index is 1.95. The molecule has 6 heteroatoms. The van der Waals surface area contributed by atoms with Gasteiger partial charge in [0.15, 0.2) is 0 Å². The third-order valence-electron chi connectivity index (χ3n) is 3.43. The van der Waals surface area contributed by atoms with Gasteiger partial charge in [-0.15, -0.1) is 0 Å². The molecule has 2 atom stereocenters. The molecule has 1 aromatic rings. The highest BCUT2D eigenvalue weighted by Gasteiger charge is 2.41. The number of para-hydroxylation sites is 1. The third-order valence-corrected chi connectivity index (χ3v) is 3.43. The minimum Gasteiger partial charge on any atom is -0.450 e.